The molecule has 304 valence electrons. The van der Waals surface area contributed by atoms with E-state index in [1.54, 1.807) is 18.2 Å². The van der Waals surface area contributed by atoms with Gasteiger partial charge in [0.2, 0.25) is 5.88 Å². The molecule has 2 fully saturated rings. The largest absolute Gasteiger partial charge is 0.475 e. The highest BCUT2D eigenvalue weighted by molar-refractivity contribution is 7.98. The molecule has 2 bridgehead atoms. The molecular weight excluding hydrogens is 765 g/mol. The SMILES string of the molecule is COCOc1cc(-c2nc3c4c(nc(SC)nc4c2F)N2C[C@H]4CC[C@@H]([C@H]2CO3)N4C(=O)OC(C)(C)C)c2c(C#C[Si](C(C)C)(C(C)C)C(C)C)c(F)ccc2c1. The minimum Gasteiger partial charge on any atom is -0.475 e. The van der Waals surface area contributed by atoms with Crippen molar-refractivity contribution >= 4 is 53.4 Å². The number of aromatic nitrogens is 3. The molecule has 2 aromatic heterocycles. The van der Waals surface area contributed by atoms with Crippen LogP contribution in [0.5, 0.6) is 11.6 Å². The number of hydrogen-bond donors (Lipinski definition) is 0. The van der Waals surface area contributed by atoms with E-state index in [0.29, 0.717) is 56.1 Å². The Hall–Kier alpha value is -4.19. The summed E-state index contributed by atoms with van der Waals surface area (Å²) in [5.74, 6) is 3.18. The molecule has 0 spiro atoms. The van der Waals surface area contributed by atoms with Crippen molar-refractivity contribution in [1.82, 2.24) is 19.9 Å². The molecule has 2 aromatic carbocycles. The topological polar surface area (TPSA) is 99.1 Å². The molecule has 3 atom stereocenters. The highest BCUT2D eigenvalue weighted by Crippen LogP contribution is 2.47. The van der Waals surface area contributed by atoms with Crippen LogP contribution in [0.25, 0.3) is 32.9 Å². The van der Waals surface area contributed by atoms with Crippen molar-refractivity contribution in [2.45, 2.75) is 121 Å². The Morgan fingerprint density at radius 2 is 1.74 bits per heavy atom. The molecule has 3 aliphatic heterocycles. The molecule has 0 N–H and O–H groups in total. The summed E-state index contributed by atoms with van der Waals surface area (Å²) in [5, 5.41) is 1.75. The molecular formula is C43H53F2N5O5SSi. The first kappa shape index (κ1) is 41.0. The zero-order valence-corrected chi connectivity index (χ0v) is 36.6. The zero-order chi connectivity index (χ0) is 41.1. The third-order valence-corrected chi connectivity index (χ3v) is 18.7. The van der Waals surface area contributed by atoms with E-state index < -0.39 is 25.3 Å². The summed E-state index contributed by atoms with van der Waals surface area (Å²) in [6.07, 6.45) is 3.04. The average Bonchev–Trinajstić information content (AvgIpc) is 3.39. The van der Waals surface area contributed by atoms with E-state index >= 15 is 8.78 Å². The van der Waals surface area contributed by atoms with E-state index in [0.717, 1.165) is 12.8 Å². The third kappa shape index (κ3) is 7.18. The summed E-state index contributed by atoms with van der Waals surface area (Å²) in [5.41, 5.74) is 4.40. The maximum atomic E-state index is 17.6. The summed E-state index contributed by atoms with van der Waals surface area (Å²) >= 11 is 1.30. The lowest BCUT2D eigenvalue weighted by Crippen LogP contribution is -2.63. The third-order valence-electron chi connectivity index (χ3n) is 11.9. The molecule has 0 aliphatic carbocycles. The van der Waals surface area contributed by atoms with Crippen molar-refractivity contribution < 1.29 is 32.5 Å². The van der Waals surface area contributed by atoms with Crippen LogP contribution in [0, 0.1) is 23.1 Å². The van der Waals surface area contributed by atoms with E-state index in [2.05, 4.69) is 57.9 Å². The van der Waals surface area contributed by atoms with Crippen LogP contribution in [0.1, 0.15) is 80.7 Å². The van der Waals surface area contributed by atoms with Gasteiger partial charge in [-0.05, 0) is 80.1 Å². The fourth-order valence-corrected chi connectivity index (χ4v) is 15.0. The fourth-order valence-electron chi connectivity index (χ4n) is 9.47. The number of methoxy groups -OCH3 is 1. The molecule has 0 radical (unpaired) electrons. The maximum absolute atomic E-state index is 17.6. The number of hydrogen-bond acceptors (Lipinski definition) is 10. The van der Waals surface area contributed by atoms with Gasteiger partial charge in [-0.25, -0.2) is 28.5 Å². The number of thioether (sulfide) groups is 1. The van der Waals surface area contributed by atoms with Crippen LogP contribution in [0.2, 0.25) is 16.6 Å². The van der Waals surface area contributed by atoms with Crippen LogP contribution in [0.3, 0.4) is 0 Å². The van der Waals surface area contributed by atoms with Crippen LogP contribution in [-0.2, 0) is 9.47 Å². The van der Waals surface area contributed by atoms with Gasteiger partial charge in [-0.3, -0.25) is 4.90 Å². The molecule has 10 nitrogen and oxygen atoms in total. The van der Waals surface area contributed by atoms with Crippen molar-refractivity contribution in [3.05, 3.63) is 41.5 Å². The minimum atomic E-state index is -2.30. The van der Waals surface area contributed by atoms with Gasteiger partial charge in [-0.2, -0.15) is 0 Å². The van der Waals surface area contributed by atoms with Gasteiger partial charge in [0.25, 0.3) is 0 Å². The van der Waals surface area contributed by atoms with Crippen LogP contribution < -0.4 is 14.4 Å². The predicted octanol–water partition coefficient (Wildman–Crippen LogP) is 9.75. The number of piperazine rings is 1. The summed E-state index contributed by atoms with van der Waals surface area (Å²) in [7, 11) is -0.787. The minimum absolute atomic E-state index is 0.0400. The number of nitrogens with zero attached hydrogens (tertiary/aromatic N) is 5. The number of amides is 1. The second-order valence-electron chi connectivity index (χ2n) is 17.2. The van der Waals surface area contributed by atoms with Gasteiger partial charge < -0.3 is 23.8 Å². The van der Waals surface area contributed by atoms with Crippen LogP contribution in [-0.4, -0.2) is 91.1 Å². The molecule has 4 aromatic rings. The van der Waals surface area contributed by atoms with Crippen LogP contribution in [0.15, 0.2) is 29.4 Å². The first-order valence-electron chi connectivity index (χ1n) is 19.8. The van der Waals surface area contributed by atoms with Gasteiger partial charge in [0.15, 0.2) is 17.8 Å². The molecule has 1 amide bonds. The standard InChI is InChI=1S/C43H53F2N5O5SSi/c1-23(2)57(24(3)4,25(5)6)17-16-29-31(44)14-12-26-18-28(54-22-52-10)19-30(34(26)29)37-36(45)38-35-39(48-41(47-38)56-11)49-20-27-13-15-32(33(49)21-53-40(35)46-37)50(27)42(51)55-43(7,8)9/h12,14,18-19,23-25,27,32-33H,13,15,20-22H2,1-11H3/t27-,32+,33-/m1/s1. The highest BCUT2D eigenvalue weighted by atomic mass is 32.2. The molecule has 7 rings (SSSR count). The molecule has 5 heterocycles. The van der Waals surface area contributed by atoms with Crippen LogP contribution in [0.4, 0.5) is 19.4 Å². The highest BCUT2D eigenvalue weighted by Gasteiger charge is 2.52. The lowest BCUT2D eigenvalue weighted by atomic mass is 9.95. The number of pyridine rings is 1. The molecule has 57 heavy (non-hydrogen) atoms. The molecule has 0 saturated carbocycles. The Balaban J connectivity index is 1.45. The van der Waals surface area contributed by atoms with Crippen molar-refractivity contribution in [2.75, 3.05) is 38.2 Å². The summed E-state index contributed by atoms with van der Waals surface area (Å²) in [6, 6.07) is 5.83. The monoisotopic (exact) mass is 817 g/mol. The number of ether oxygens (including phenoxy) is 4. The zero-order valence-electron chi connectivity index (χ0n) is 34.8. The molecule has 14 heteroatoms. The first-order valence-corrected chi connectivity index (χ1v) is 23.2. The second kappa shape index (κ2) is 15.5. The van der Waals surface area contributed by atoms with E-state index in [4.69, 9.17) is 33.9 Å². The Morgan fingerprint density at radius 3 is 2.39 bits per heavy atom. The van der Waals surface area contributed by atoms with Gasteiger partial charge >= 0.3 is 6.09 Å². The molecule has 3 aliphatic rings. The number of fused-ring (bicyclic) bond motifs is 6. The normalized spacial score (nSPS) is 19.2. The maximum Gasteiger partial charge on any atom is 0.410 e. The lowest BCUT2D eigenvalue weighted by molar-refractivity contribution is 0.00538. The van der Waals surface area contributed by atoms with Gasteiger partial charge in [0, 0.05) is 24.6 Å². The fraction of sp³-hybridized carbons (Fsp3) is 0.535. The number of rotatable bonds is 8. The smallest absolute Gasteiger partial charge is 0.410 e. The Bertz CT molecular complexity index is 2270. The molecule has 0 unspecified atom stereocenters. The van der Waals surface area contributed by atoms with Crippen molar-refractivity contribution in [3.63, 3.8) is 0 Å². The lowest BCUT2D eigenvalue weighted by Gasteiger charge is -2.46. The first-order chi connectivity index (χ1) is 27.0. The summed E-state index contributed by atoms with van der Waals surface area (Å²) in [6.45, 7) is 19.4. The summed E-state index contributed by atoms with van der Waals surface area (Å²) in [4.78, 5) is 32.1. The number of benzene rings is 2. The van der Waals surface area contributed by atoms with Gasteiger partial charge in [-0.1, -0.05) is 65.3 Å². The number of anilines is 1. The van der Waals surface area contributed by atoms with Crippen LogP contribution >= 0.6 is 11.8 Å². The van der Waals surface area contributed by atoms with Crippen molar-refractivity contribution in [3.8, 4) is 34.4 Å². The quantitative estimate of drug-likeness (QED) is 0.0562. The van der Waals surface area contributed by atoms with Crippen molar-refractivity contribution in [2.24, 2.45) is 0 Å². The molecule has 2 saturated heterocycles. The predicted molar refractivity (Wildman–Crippen MR) is 224 cm³/mol. The Morgan fingerprint density at radius 1 is 1.02 bits per heavy atom. The Kier molecular flexibility index (Phi) is 11.2. The number of carbonyl (C=O) groups is 1. The van der Waals surface area contributed by atoms with E-state index in [-0.39, 0.29) is 65.8 Å². The number of carbonyl (C=O) groups excluding carboxylic acids is 1. The van der Waals surface area contributed by atoms with E-state index in [1.165, 1.54) is 24.9 Å². The van der Waals surface area contributed by atoms with E-state index in [1.807, 2.05) is 31.9 Å². The Labute approximate surface area is 339 Å². The average molecular weight is 818 g/mol. The van der Waals surface area contributed by atoms with E-state index in [9.17, 15) is 4.79 Å². The second-order valence-corrected chi connectivity index (χ2v) is 23.6. The summed E-state index contributed by atoms with van der Waals surface area (Å²) < 4.78 is 57.4. The van der Waals surface area contributed by atoms with Crippen molar-refractivity contribution in [1.29, 1.82) is 0 Å². The number of halogens is 2. The van der Waals surface area contributed by atoms with Gasteiger partial charge in [-0.15, -0.1) is 5.54 Å². The van der Waals surface area contributed by atoms with Gasteiger partial charge in [0.1, 0.15) is 54.3 Å². The van der Waals surface area contributed by atoms with Gasteiger partial charge in [0.05, 0.1) is 23.7 Å².